The summed E-state index contributed by atoms with van der Waals surface area (Å²) in [6.07, 6.45) is 0.917. The molecule has 0 bridgehead atoms. The van der Waals surface area contributed by atoms with E-state index in [1.807, 2.05) is 24.3 Å². The number of hydrogen-bond donors (Lipinski definition) is 2. The summed E-state index contributed by atoms with van der Waals surface area (Å²) >= 11 is 0. The topological polar surface area (TPSA) is 49.9 Å². The van der Waals surface area contributed by atoms with Crippen LogP contribution >= 0.6 is 0 Å². The van der Waals surface area contributed by atoms with Crippen LogP contribution in [0.5, 0.6) is 0 Å². The molecule has 0 radical (unpaired) electrons. The van der Waals surface area contributed by atoms with E-state index in [4.69, 9.17) is 4.74 Å². The van der Waals surface area contributed by atoms with Crippen molar-refractivity contribution in [2.24, 2.45) is 0 Å². The predicted molar refractivity (Wildman–Crippen MR) is 74.9 cm³/mol. The lowest BCUT2D eigenvalue weighted by atomic mass is 10.00. The van der Waals surface area contributed by atoms with Gasteiger partial charge < -0.3 is 15.0 Å². The van der Waals surface area contributed by atoms with E-state index >= 15 is 0 Å². The molecule has 0 amide bonds. The number of nitrogens with one attached hydrogen (secondary N) is 2. The molecule has 2 N–H and O–H groups in total. The average Bonchev–Trinajstić information content (AvgIpc) is 2.70. The molecule has 0 saturated heterocycles. The molecule has 4 heteroatoms. The number of imidazole rings is 1. The third-order valence-corrected chi connectivity index (χ3v) is 3.12. The molecular weight excluding hydrogens is 226 g/mol. The van der Waals surface area contributed by atoms with Gasteiger partial charge in [0.05, 0.1) is 16.6 Å². The van der Waals surface area contributed by atoms with Gasteiger partial charge in [0.1, 0.15) is 0 Å². The van der Waals surface area contributed by atoms with Crippen LogP contribution in [-0.4, -0.2) is 28.7 Å². The zero-order chi connectivity index (χ0) is 13.2. The van der Waals surface area contributed by atoms with Gasteiger partial charge in [0.25, 0.3) is 0 Å². The number of H-pyrrole nitrogens is 1. The fraction of sp³-hybridized carbons (Fsp3) is 0.500. The van der Waals surface area contributed by atoms with Crippen LogP contribution in [0.25, 0.3) is 11.0 Å². The van der Waals surface area contributed by atoms with Crippen molar-refractivity contribution in [3.8, 4) is 0 Å². The Hall–Kier alpha value is -1.55. The van der Waals surface area contributed by atoms with Gasteiger partial charge in [0.15, 0.2) is 0 Å². The standard InChI is InChI=1S/C14H21N3O/c1-10(9-14(2,3)18-4)15-13-16-11-7-5-6-8-12(11)17-13/h5-8,10H,9H2,1-4H3,(H2,15,16,17). The largest absolute Gasteiger partial charge is 0.379 e. The smallest absolute Gasteiger partial charge is 0.201 e. The first kappa shape index (κ1) is 12.9. The van der Waals surface area contributed by atoms with Crippen molar-refractivity contribution < 1.29 is 4.74 Å². The van der Waals surface area contributed by atoms with Crippen molar-refractivity contribution in [2.45, 2.75) is 38.8 Å². The molecule has 18 heavy (non-hydrogen) atoms. The Morgan fingerprint density at radius 1 is 1.39 bits per heavy atom. The monoisotopic (exact) mass is 247 g/mol. The van der Waals surface area contributed by atoms with Crippen molar-refractivity contribution in [3.63, 3.8) is 0 Å². The molecule has 1 aromatic carbocycles. The number of aromatic amines is 1. The van der Waals surface area contributed by atoms with E-state index in [2.05, 4.69) is 36.1 Å². The van der Waals surface area contributed by atoms with E-state index in [9.17, 15) is 0 Å². The SMILES string of the molecule is COC(C)(C)CC(C)Nc1nc2ccccc2[nH]1. The molecule has 1 atom stereocenters. The van der Waals surface area contributed by atoms with E-state index in [-0.39, 0.29) is 5.60 Å². The van der Waals surface area contributed by atoms with Gasteiger partial charge in [-0.05, 0) is 39.3 Å². The highest BCUT2D eigenvalue weighted by Crippen LogP contribution is 2.19. The Bertz CT molecular complexity index is 485. The molecular formula is C14H21N3O. The van der Waals surface area contributed by atoms with Crippen LogP contribution in [0.3, 0.4) is 0 Å². The number of hydrogen-bond acceptors (Lipinski definition) is 3. The number of benzene rings is 1. The molecule has 98 valence electrons. The van der Waals surface area contributed by atoms with Crippen LogP contribution in [0.4, 0.5) is 5.95 Å². The van der Waals surface area contributed by atoms with Crippen molar-refractivity contribution in [1.29, 1.82) is 0 Å². The number of methoxy groups -OCH3 is 1. The highest BCUT2D eigenvalue weighted by atomic mass is 16.5. The molecule has 1 heterocycles. The second-order valence-corrected chi connectivity index (χ2v) is 5.32. The van der Waals surface area contributed by atoms with Gasteiger partial charge in [-0.1, -0.05) is 12.1 Å². The first-order chi connectivity index (χ1) is 8.50. The minimum absolute atomic E-state index is 0.127. The minimum Gasteiger partial charge on any atom is -0.379 e. The molecule has 0 saturated carbocycles. The number of para-hydroxylation sites is 2. The first-order valence-electron chi connectivity index (χ1n) is 6.26. The second-order valence-electron chi connectivity index (χ2n) is 5.32. The van der Waals surface area contributed by atoms with Gasteiger partial charge in [-0.25, -0.2) is 4.98 Å². The highest BCUT2D eigenvalue weighted by molar-refractivity contribution is 5.77. The van der Waals surface area contributed by atoms with Crippen molar-refractivity contribution in [1.82, 2.24) is 9.97 Å². The first-order valence-corrected chi connectivity index (χ1v) is 6.26. The summed E-state index contributed by atoms with van der Waals surface area (Å²) in [5.74, 6) is 0.815. The maximum atomic E-state index is 5.43. The second kappa shape index (κ2) is 4.98. The van der Waals surface area contributed by atoms with Gasteiger partial charge in [-0.2, -0.15) is 0 Å². The van der Waals surface area contributed by atoms with Crippen molar-refractivity contribution >= 4 is 17.0 Å². The van der Waals surface area contributed by atoms with Crippen LogP contribution in [0.15, 0.2) is 24.3 Å². The fourth-order valence-electron chi connectivity index (χ4n) is 2.13. The van der Waals surface area contributed by atoms with E-state index in [1.165, 1.54) is 0 Å². The lowest BCUT2D eigenvalue weighted by molar-refractivity contribution is 0.0127. The molecule has 0 fully saturated rings. The summed E-state index contributed by atoms with van der Waals surface area (Å²) in [7, 11) is 1.74. The van der Waals surface area contributed by atoms with Crippen LogP contribution in [-0.2, 0) is 4.74 Å². The van der Waals surface area contributed by atoms with Crippen LogP contribution in [0.2, 0.25) is 0 Å². The van der Waals surface area contributed by atoms with E-state index in [0.717, 1.165) is 23.4 Å². The van der Waals surface area contributed by atoms with Crippen LogP contribution in [0, 0.1) is 0 Å². The van der Waals surface area contributed by atoms with Crippen molar-refractivity contribution in [3.05, 3.63) is 24.3 Å². The van der Waals surface area contributed by atoms with Gasteiger partial charge in [-0.15, -0.1) is 0 Å². The molecule has 0 aliphatic heterocycles. The average molecular weight is 247 g/mol. The van der Waals surface area contributed by atoms with Gasteiger partial charge in [0.2, 0.25) is 5.95 Å². The van der Waals surface area contributed by atoms with Crippen LogP contribution in [0.1, 0.15) is 27.2 Å². The molecule has 0 spiro atoms. The summed E-state index contributed by atoms with van der Waals surface area (Å²) in [6, 6.07) is 8.31. The van der Waals surface area contributed by atoms with E-state index in [0.29, 0.717) is 6.04 Å². The Labute approximate surface area is 108 Å². The zero-order valence-electron chi connectivity index (χ0n) is 11.4. The van der Waals surface area contributed by atoms with Crippen molar-refractivity contribution in [2.75, 3.05) is 12.4 Å². The number of fused-ring (bicyclic) bond motifs is 1. The number of aromatic nitrogens is 2. The summed E-state index contributed by atoms with van der Waals surface area (Å²) in [5.41, 5.74) is 1.91. The number of ether oxygens (including phenoxy) is 1. The number of nitrogens with zero attached hydrogens (tertiary/aromatic N) is 1. The Kier molecular flexibility index (Phi) is 3.57. The molecule has 2 rings (SSSR count). The quantitative estimate of drug-likeness (QED) is 0.853. The lowest BCUT2D eigenvalue weighted by Crippen LogP contribution is -2.31. The molecule has 1 aromatic heterocycles. The van der Waals surface area contributed by atoms with E-state index in [1.54, 1.807) is 7.11 Å². The number of anilines is 1. The van der Waals surface area contributed by atoms with Gasteiger partial charge >= 0.3 is 0 Å². The highest BCUT2D eigenvalue weighted by Gasteiger charge is 2.20. The molecule has 0 aliphatic carbocycles. The summed E-state index contributed by atoms with van der Waals surface area (Å²) in [4.78, 5) is 7.77. The van der Waals surface area contributed by atoms with Gasteiger partial charge in [0, 0.05) is 13.2 Å². The molecule has 0 aliphatic rings. The fourth-order valence-corrected chi connectivity index (χ4v) is 2.13. The predicted octanol–water partition coefficient (Wildman–Crippen LogP) is 3.18. The minimum atomic E-state index is -0.127. The third-order valence-electron chi connectivity index (χ3n) is 3.12. The molecule has 4 nitrogen and oxygen atoms in total. The Balaban J connectivity index is 2.05. The van der Waals surface area contributed by atoms with Crippen LogP contribution < -0.4 is 5.32 Å². The maximum absolute atomic E-state index is 5.43. The summed E-state index contributed by atoms with van der Waals surface area (Å²) in [5, 5.41) is 3.38. The number of rotatable bonds is 5. The molecule has 2 aromatic rings. The van der Waals surface area contributed by atoms with Gasteiger partial charge in [-0.3, -0.25) is 0 Å². The summed E-state index contributed by atoms with van der Waals surface area (Å²) < 4.78 is 5.43. The maximum Gasteiger partial charge on any atom is 0.201 e. The zero-order valence-corrected chi connectivity index (χ0v) is 11.4. The summed E-state index contributed by atoms with van der Waals surface area (Å²) in [6.45, 7) is 6.31. The normalized spacial score (nSPS) is 13.8. The lowest BCUT2D eigenvalue weighted by Gasteiger charge is -2.26. The Morgan fingerprint density at radius 3 is 2.78 bits per heavy atom. The molecule has 1 unspecified atom stereocenters. The van der Waals surface area contributed by atoms with E-state index < -0.39 is 0 Å². The third kappa shape index (κ3) is 3.01. The Morgan fingerprint density at radius 2 is 2.11 bits per heavy atom.